The fourth-order valence-electron chi connectivity index (χ4n) is 3.12. The van der Waals surface area contributed by atoms with E-state index in [1.54, 1.807) is 6.07 Å². The molecule has 7 heteroatoms. The third-order valence-electron chi connectivity index (χ3n) is 4.83. The molecule has 0 aliphatic heterocycles. The Bertz CT molecular complexity index is 1190. The molecule has 6 nitrogen and oxygen atoms in total. The molecule has 2 aromatic heterocycles. The predicted molar refractivity (Wildman–Crippen MR) is 114 cm³/mol. The van der Waals surface area contributed by atoms with Gasteiger partial charge in [0.1, 0.15) is 18.1 Å². The molecule has 148 valence electrons. The fraction of sp³-hybridized carbons (Fsp3) is 0.227. The van der Waals surface area contributed by atoms with E-state index in [0.717, 1.165) is 44.1 Å². The second-order valence-electron chi connectivity index (χ2n) is 6.97. The van der Waals surface area contributed by atoms with Gasteiger partial charge in [0.15, 0.2) is 5.13 Å². The third-order valence-corrected chi connectivity index (χ3v) is 5.77. The average Bonchev–Trinajstić information content (AvgIpc) is 3.24. The smallest absolute Gasteiger partial charge is 0.257 e. The Morgan fingerprint density at radius 2 is 1.97 bits per heavy atom. The van der Waals surface area contributed by atoms with Gasteiger partial charge in [0, 0.05) is 5.56 Å². The van der Waals surface area contributed by atoms with E-state index < -0.39 is 0 Å². The topological polar surface area (TPSA) is 77.2 Å². The van der Waals surface area contributed by atoms with Crippen molar-refractivity contribution in [3.05, 3.63) is 70.1 Å². The number of carbonyl (C=O) groups is 1. The Labute approximate surface area is 172 Å². The number of thiazole rings is 1. The van der Waals surface area contributed by atoms with Crippen molar-refractivity contribution in [3.63, 3.8) is 0 Å². The summed E-state index contributed by atoms with van der Waals surface area (Å²) in [7, 11) is 0. The normalized spacial score (nSPS) is 11.0. The molecule has 0 spiro atoms. The summed E-state index contributed by atoms with van der Waals surface area (Å²) >= 11 is 1.47. The van der Waals surface area contributed by atoms with E-state index in [0.29, 0.717) is 17.3 Å². The lowest BCUT2D eigenvalue weighted by Gasteiger charge is -2.10. The van der Waals surface area contributed by atoms with Crippen LogP contribution >= 0.6 is 11.3 Å². The Balaban J connectivity index is 1.47. The zero-order valence-corrected chi connectivity index (χ0v) is 17.5. The first-order valence-electron chi connectivity index (χ1n) is 9.25. The minimum Gasteiger partial charge on any atom is -0.488 e. The van der Waals surface area contributed by atoms with Gasteiger partial charge < -0.3 is 9.26 Å². The minimum atomic E-state index is -0.193. The first-order valence-corrected chi connectivity index (χ1v) is 10.1. The molecule has 0 aliphatic rings. The molecule has 0 unspecified atom stereocenters. The number of nitrogens with zero attached hydrogens (tertiary/aromatic N) is 2. The largest absolute Gasteiger partial charge is 0.488 e. The SMILES string of the molecule is Cc1cc(C(=O)Nc2nc3c(C)cccc3s2)ccc1OCc1c(C)noc1C. The van der Waals surface area contributed by atoms with E-state index in [1.807, 2.05) is 58.0 Å². The summed E-state index contributed by atoms with van der Waals surface area (Å²) in [6.45, 7) is 8.05. The maximum Gasteiger partial charge on any atom is 0.257 e. The van der Waals surface area contributed by atoms with E-state index in [1.165, 1.54) is 11.3 Å². The van der Waals surface area contributed by atoms with Crippen molar-refractivity contribution in [2.75, 3.05) is 5.32 Å². The summed E-state index contributed by atoms with van der Waals surface area (Å²) in [6.07, 6.45) is 0. The number of rotatable bonds is 5. The summed E-state index contributed by atoms with van der Waals surface area (Å²) in [6, 6.07) is 11.4. The van der Waals surface area contributed by atoms with Crippen LogP contribution < -0.4 is 10.1 Å². The van der Waals surface area contributed by atoms with Gasteiger partial charge in [-0.05, 0) is 63.1 Å². The van der Waals surface area contributed by atoms with Gasteiger partial charge in [0.05, 0.1) is 21.5 Å². The number of para-hydroxylation sites is 1. The fourth-order valence-corrected chi connectivity index (χ4v) is 4.06. The van der Waals surface area contributed by atoms with Gasteiger partial charge in [0.2, 0.25) is 0 Å². The molecule has 1 N–H and O–H groups in total. The van der Waals surface area contributed by atoms with Crippen LogP contribution in [0.3, 0.4) is 0 Å². The molecule has 29 heavy (non-hydrogen) atoms. The molecule has 0 saturated heterocycles. The zero-order chi connectivity index (χ0) is 20.5. The molecular formula is C22H21N3O3S. The number of amides is 1. The lowest BCUT2D eigenvalue weighted by molar-refractivity contribution is 0.102. The molecule has 2 aromatic carbocycles. The molecule has 0 atom stereocenters. The summed E-state index contributed by atoms with van der Waals surface area (Å²) in [4.78, 5) is 17.2. The molecule has 0 saturated carbocycles. The number of benzene rings is 2. The second-order valence-corrected chi connectivity index (χ2v) is 8.00. The van der Waals surface area contributed by atoms with Crippen molar-refractivity contribution in [2.45, 2.75) is 34.3 Å². The van der Waals surface area contributed by atoms with E-state index >= 15 is 0 Å². The molecule has 0 bridgehead atoms. The summed E-state index contributed by atoms with van der Waals surface area (Å²) < 4.78 is 12.1. The van der Waals surface area contributed by atoms with Crippen LogP contribution in [-0.2, 0) is 6.61 Å². The second kappa shape index (κ2) is 7.67. The quantitative estimate of drug-likeness (QED) is 0.483. The van der Waals surface area contributed by atoms with Crippen LogP contribution in [0.1, 0.15) is 38.5 Å². The number of carbonyl (C=O) groups excluding carboxylic acids is 1. The first-order chi connectivity index (χ1) is 13.9. The van der Waals surface area contributed by atoms with Crippen molar-refractivity contribution in [2.24, 2.45) is 0 Å². The van der Waals surface area contributed by atoms with Crippen molar-refractivity contribution in [1.29, 1.82) is 0 Å². The van der Waals surface area contributed by atoms with Crippen molar-refractivity contribution in [3.8, 4) is 5.75 Å². The third kappa shape index (κ3) is 3.86. The Kier molecular flexibility index (Phi) is 5.07. The summed E-state index contributed by atoms with van der Waals surface area (Å²) in [5.74, 6) is 1.28. The van der Waals surface area contributed by atoms with Crippen molar-refractivity contribution in [1.82, 2.24) is 10.1 Å². The molecule has 0 fully saturated rings. The zero-order valence-electron chi connectivity index (χ0n) is 16.7. The number of ether oxygens (including phenoxy) is 1. The lowest BCUT2D eigenvalue weighted by Crippen LogP contribution is -2.12. The highest BCUT2D eigenvalue weighted by Gasteiger charge is 2.14. The Morgan fingerprint density at radius 3 is 2.66 bits per heavy atom. The molecule has 1 amide bonds. The summed E-state index contributed by atoms with van der Waals surface area (Å²) in [5.41, 5.74) is 5.22. The molecule has 4 aromatic rings. The number of fused-ring (bicyclic) bond motifs is 1. The number of hydrogen-bond donors (Lipinski definition) is 1. The van der Waals surface area contributed by atoms with Gasteiger partial charge in [-0.25, -0.2) is 4.98 Å². The van der Waals surface area contributed by atoms with Gasteiger partial charge in [0.25, 0.3) is 5.91 Å². The van der Waals surface area contributed by atoms with Crippen LogP contribution in [0.25, 0.3) is 10.2 Å². The van der Waals surface area contributed by atoms with Gasteiger partial charge in [-0.15, -0.1) is 0 Å². The van der Waals surface area contributed by atoms with Gasteiger partial charge in [-0.1, -0.05) is 28.6 Å². The predicted octanol–water partition coefficient (Wildman–Crippen LogP) is 5.35. The van der Waals surface area contributed by atoms with Crippen molar-refractivity contribution >= 4 is 32.6 Å². The Hall–Kier alpha value is -3.19. The standard InChI is InChI=1S/C22H21N3O3S/c1-12-6-5-7-19-20(12)23-22(29-19)24-21(26)16-8-9-18(13(2)10-16)27-11-17-14(3)25-28-15(17)4/h5-10H,11H2,1-4H3,(H,23,24,26). The highest BCUT2D eigenvalue weighted by atomic mass is 32.1. The maximum atomic E-state index is 12.7. The number of nitrogens with one attached hydrogen (secondary N) is 1. The van der Waals surface area contributed by atoms with Crippen LogP contribution in [0, 0.1) is 27.7 Å². The Morgan fingerprint density at radius 1 is 1.14 bits per heavy atom. The van der Waals surface area contributed by atoms with E-state index in [2.05, 4.69) is 15.5 Å². The highest BCUT2D eigenvalue weighted by molar-refractivity contribution is 7.22. The average molecular weight is 407 g/mol. The number of aromatic nitrogens is 2. The van der Waals surface area contributed by atoms with E-state index in [9.17, 15) is 4.79 Å². The molecule has 0 radical (unpaired) electrons. The van der Waals surface area contributed by atoms with Crippen LogP contribution in [0.15, 0.2) is 40.9 Å². The van der Waals surface area contributed by atoms with Crippen LogP contribution in [-0.4, -0.2) is 16.0 Å². The number of aryl methyl sites for hydroxylation is 4. The van der Waals surface area contributed by atoms with E-state index in [4.69, 9.17) is 9.26 Å². The minimum absolute atomic E-state index is 0.193. The van der Waals surface area contributed by atoms with Crippen LogP contribution in [0.5, 0.6) is 5.75 Å². The van der Waals surface area contributed by atoms with E-state index in [-0.39, 0.29) is 5.91 Å². The molecular weight excluding hydrogens is 386 g/mol. The maximum absolute atomic E-state index is 12.7. The van der Waals surface area contributed by atoms with Crippen molar-refractivity contribution < 1.29 is 14.1 Å². The lowest BCUT2D eigenvalue weighted by atomic mass is 10.1. The van der Waals surface area contributed by atoms with Crippen LogP contribution in [0.2, 0.25) is 0 Å². The summed E-state index contributed by atoms with van der Waals surface area (Å²) in [5, 5.41) is 7.43. The number of hydrogen-bond acceptors (Lipinski definition) is 6. The molecule has 2 heterocycles. The molecule has 0 aliphatic carbocycles. The van der Waals surface area contributed by atoms with Gasteiger partial charge >= 0.3 is 0 Å². The van der Waals surface area contributed by atoms with Crippen LogP contribution in [0.4, 0.5) is 5.13 Å². The first kappa shape index (κ1) is 19.1. The monoisotopic (exact) mass is 407 g/mol. The highest BCUT2D eigenvalue weighted by Crippen LogP contribution is 2.28. The van der Waals surface area contributed by atoms with Gasteiger partial charge in [-0.3, -0.25) is 10.1 Å². The number of anilines is 1. The van der Waals surface area contributed by atoms with Gasteiger partial charge in [-0.2, -0.15) is 0 Å². The molecule has 4 rings (SSSR count).